The molecule has 46 heavy (non-hydrogen) atoms. The van der Waals surface area contributed by atoms with Crippen LogP contribution in [-0.4, -0.2) is 4.98 Å². The second-order valence-electron chi connectivity index (χ2n) is 12.0. The molecule has 2 aliphatic rings. The summed E-state index contributed by atoms with van der Waals surface area (Å²) < 4.78 is 9.03. The van der Waals surface area contributed by atoms with Crippen molar-refractivity contribution in [2.45, 2.75) is 6.04 Å². The van der Waals surface area contributed by atoms with Crippen LogP contribution in [0, 0.1) is 0 Å². The Morgan fingerprint density at radius 1 is 0.652 bits per heavy atom. The first-order valence-electron chi connectivity index (χ1n) is 15.6. The molecule has 1 aliphatic carbocycles. The number of thiophene rings is 1. The Morgan fingerprint density at radius 3 is 2.33 bits per heavy atom. The number of dihydropyridines is 1. The summed E-state index contributed by atoms with van der Waals surface area (Å²) in [6.45, 7) is 0. The molecule has 216 valence electrons. The van der Waals surface area contributed by atoms with Gasteiger partial charge in [0.15, 0.2) is 0 Å². The van der Waals surface area contributed by atoms with Gasteiger partial charge >= 0.3 is 0 Å². The number of nitrogens with zero attached hydrogens (tertiary/aromatic N) is 1. The van der Waals surface area contributed by atoms with E-state index in [1.165, 1.54) is 36.9 Å². The van der Waals surface area contributed by atoms with Gasteiger partial charge in [-0.2, -0.15) is 0 Å². The van der Waals surface area contributed by atoms with Crippen LogP contribution in [-0.2, 0) is 0 Å². The van der Waals surface area contributed by atoms with Gasteiger partial charge in [0.2, 0.25) is 0 Å². The van der Waals surface area contributed by atoms with E-state index in [2.05, 4.69) is 139 Å². The number of benzene rings is 5. The zero-order valence-electron chi connectivity index (χ0n) is 24.7. The molecule has 0 fully saturated rings. The predicted molar refractivity (Wildman–Crippen MR) is 193 cm³/mol. The van der Waals surface area contributed by atoms with E-state index in [0.717, 1.165) is 55.7 Å². The number of rotatable bonds is 3. The highest BCUT2D eigenvalue weighted by Crippen LogP contribution is 2.47. The molecular weight excluding hydrogens is 581 g/mol. The molecule has 0 saturated heterocycles. The minimum atomic E-state index is -0.00158. The maximum Gasteiger partial charge on any atom is 0.144 e. The topological polar surface area (TPSA) is 38.1 Å². The van der Waals surface area contributed by atoms with Crippen molar-refractivity contribution in [3.05, 3.63) is 162 Å². The number of furan rings is 1. The quantitative estimate of drug-likeness (QED) is 0.217. The largest absolute Gasteiger partial charge is 0.455 e. The van der Waals surface area contributed by atoms with Gasteiger partial charge in [0.05, 0.1) is 17.4 Å². The molecule has 0 amide bonds. The summed E-state index contributed by atoms with van der Waals surface area (Å²) in [6, 6.07) is 43.0. The van der Waals surface area contributed by atoms with E-state index < -0.39 is 0 Å². The van der Waals surface area contributed by atoms with E-state index in [9.17, 15) is 0 Å². The van der Waals surface area contributed by atoms with E-state index in [1.54, 1.807) is 0 Å². The zero-order chi connectivity index (χ0) is 30.2. The third kappa shape index (κ3) is 3.87. The Bertz CT molecular complexity index is 2600. The van der Waals surface area contributed by atoms with Crippen molar-refractivity contribution in [2.24, 2.45) is 0 Å². The summed E-state index contributed by atoms with van der Waals surface area (Å²) >= 11 is 1.84. The first-order valence-corrected chi connectivity index (χ1v) is 16.4. The lowest BCUT2D eigenvalue weighted by atomic mass is 9.89. The number of fused-ring (bicyclic) bond motifs is 10. The van der Waals surface area contributed by atoms with Gasteiger partial charge in [-0.15, -0.1) is 11.3 Å². The maximum atomic E-state index is 6.50. The lowest BCUT2D eigenvalue weighted by molar-refractivity contribution is 0.673. The fourth-order valence-corrected chi connectivity index (χ4v) is 8.28. The molecule has 1 aliphatic heterocycles. The van der Waals surface area contributed by atoms with Crippen molar-refractivity contribution in [1.82, 2.24) is 10.3 Å². The van der Waals surface area contributed by atoms with E-state index in [4.69, 9.17) is 9.40 Å². The summed E-state index contributed by atoms with van der Waals surface area (Å²) in [5, 5.41) is 8.58. The number of para-hydroxylation sites is 1. The van der Waals surface area contributed by atoms with Crippen molar-refractivity contribution in [3.8, 4) is 22.4 Å². The summed E-state index contributed by atoms with van der Waals surface area (Å²) in [7, 11) is 0. The molecule has 0 spiro atoms. The van der Waals surface area contributed by atoms with Crippen molar-refractivity contribution in [3.63, 3.8) is 0 Å². The third-order valence-corrected chi connectivity index (χ3v) is 10.5. The SMILES string of the molecule is C1=Cc2ccc(-c3ccccc3)nc2C2NC(c3ccc(-c4cc5c6ccccc6oc5c5c4sc4ccccc45)cc3)=CC=C12. The second kappa shape index (κ2) is 9.90. The van der Waals surface area contributed by atoms with Gasteiger partial charge in [-0.3, -0.25) is 0 Å². The Kier molecular flexibility index (Phi) is 5.51. The standard InChI is InChI=1S/C42H26N2OS/c1-2-8-26(9-3-1)34-22-20-28-18-19-29-21-23-35(44-40(29)39(28)43-34)27-16-14-25(15-17-27)32-24-33-30-10-4-6-12-36(30)45-41(33)38-31-11-5-7-13-37(31)46-42(32)38/h1-24,40,44H. The highest BCUT2D eigenvalue weighted by molar-refractivity contribution is 7.26. The molecular formula is C42H26N2OS. The van der Waals surface area contributed by atoms with Crippen LogP contribution in [0.4, 0.5) is 0 Å². The van der Waals surface area contributed by atoms with Gasteiger partial charge in [-0.1, -0.05) is 115 Å². The van der Waals surface area contributed by atoms with Gasteiger partial charge < -0.3 is 9.73 Å². The number of aromatic nitrogens is 1. The number of hydrogen-bond acceptors (Lipinski definition) is 4. The Hall–Kier alpha value is -5.71. The average Bonchev–Trinajstić information content (AvgIpc) is 3.70. The molecule has 3 aromatic heterocycles. The number of allylic oxidation sites excluding steroid dienone is 2. The molecule has 4 heteroatoms. The van der Waals surface area contributed by atoms with E-state index >= 15 is 0 Å². The van der Waals surface area contributed by atoms with Gasteiger partial charge in [0.1, 0.15) is 11.2 Å². The highest BCUT2D eigenvalue weighted by atomic mass is 32.1. The molecule has 8 aromatic rings. The Balaban J connectivity index is 1.05. The predicted octanol–water partition coefficient (Wildman–Crippen LogP) is 11.3. The molecule has 10 rings (SSSR count). The minimum absolute atomic E-state index is 0.00158. The Morgan fingerprint density at radius 2 is 1.43 bits per heavy atom. The summed E-state index contributed by atoms with van der Waals surface area (Å²) in [6.07, 6.45) is 8.78. The van der Waals surface area contributed by atoms with E-state index in [1.807, 2.05) is 23.5 Å². The molecule has 1 atom stereocenters. The highest BCUT2D eigenvalue weighted by Gasteiger charge is 2.26. The molecule has 1 N–H and O–H groups in total. The third-order valence-electron chi connectivity index (χ3n) is 9.33. The Labute approximate surface area is 269 Å². The maximum absolute atomic E-state index is 6.50. The van der Waals surface area contributed by atoms with Crippen LogP contribution in [0.25, 0.3) is 76.3 Å². The average molecular weight is 607 g/mol. The van der Waals surface area contributed by atoms with Crippen LogP contribution in [0.3, 0.4) is 0 Å². The lowest BCUT2D eigenvalue weighted by Gasteiger charge is -2.30. The fourth-order valence-electron chi connectivity index (χ4n) is 7.04. The first-order chi connectivity index (χ1) is 22.8. The van der Waals surface area contributed by atoms with Crippen LogP contribution in [0.1, 0.15) is 22.9 Å². The number of hydrogen-bond donors (Lipinski definition) is 1. The van der Waals surface area contributed by atoms with Gasteiger partial charge in [0, 0.05) is 47.8 Å². The summed E-state index contributed by atoms with van der Waals surface area (Å²) in [5.41, 5.74) is 12.1. The lowest BCUT2D eigenvalue weighted by Crippen LogP contribution is -2.27. The molecule has 0 saturated carbocycles. The van der Waals surface area contributed by atoms with Gasteiger partial charge in [-0.25, -0.2) is 4.98 Å². The number of pyridine rings is 1. The van der Waals surface area contributed by atoms with Gasteiger partial charge in [-0.05, 0) is 52.6 Å². The van der Waals surface area contributed by atoms with E-state index in [-0.39, 0.29) is 6.04 Å². The van der Waals surface area contributed by atoms with Crippen LogP contribution in [0.2, 0.25) is 0 Å². The number of nitrogens with one attached hydrogen (secondary N) is 1. The monoisotopic (exact) mass is 606 g/mol. The van der Waals surface area contributed by atoms with Crippen LogP contribution in [0.5, 0.6) is 0 Å². The zero-order valence-corrected chi connectivity index (χ0v) is 25.5. The van der Waals surface area contributed by atoms with Crippen molar-refractivity contribution in [1.29, 1.82) is 0 Å². The molecule has 4 heterocycles. The van der Waals surface area contributed by atoms with Crippen LogP contribution >= 0.6 is 11.3 Å². The van der Waals surface area contributed by atoms with Crippen molar-refractivity contribution in [2.75, 3.05) is 0 Å². The molecule has 0 radical (unpaired) electrons. The summed E-state index contributed by atoms with van der Waals surface area (Å²) in [4.78, 5) is 5.15. The van der Waals surface area contributed by atoms with E-state index in [0.29, 0.717) is 0 Å². The molecule has 1 unspecified atom stereocenters. The van der Waals surface area contributed by atoms with Crippen molar-refractivity contribution >= 4 is 65.2 Å². The smallest absolute Gasteiger partial charge is 0.144 e. The molecule has 0 bridgehead atoms. The second-order valence-corrected chi connectivity index (χ2v) is 13.0. The van der Waals surface area contributed by atoms with Crippen LogP contribution in [0.15, 0.2) is 150 Å². The summed E-state index contributed by atoms with van der Waals surface area (Å²) in [5.74, 6) is 0. The normalized spacial score (nSPS) is 15.5. The van der Waals surface area contributed by atoms with Crippen LogP contribution < -0.4 is 5.32 Å². The molecule has 5 aromatic carbocycles. The van der Waals surface area contributed by atoms with Crippen molar-refractivity contribution < 1.29 is 4.42 Å². The molecule has 3 nitrogen and oxygen atoms in total. The first kappa shape index (κ1) is 25.6. The fraction of sp³-hybridized carbons (Fsp3) is 0.0238. The minimum Gasteiger partial charge on any atom is -0.455 e. The van der Waals surface area contributed by atoms with Gasteiger partial charge in [0.25, 0.3) is 0 Å².